The lowest BCUT2D eigenvalue weighted by Gasteiger charge is -2.13. The van der Waals surface area contributed by atoms with Crippen molar-refractivity contribution in [3.8, 4) is 5.75 Å². The van der Waals surface area contributed by atoms with Crippen LogP contribution in [-0.2, 0) is 14.4 Å². The Morgan fingerprint density at radius 1 is 1.33 bits per heavy atom. The van der Waals surface area contributed by atoms with Crippen LogP contribution in [0.2, 0.25) is 5.02 Å². The summed E-state index contributed by atoms with van der Waals surface area (Å²) < 4.78 is 5.30. The maximum Gasteiger partial charge on any atom is 0.326 e. The molecule has 0 bridgehead atoms. The van der Waals surface area contributed by atoms with Gasteiger partial charge in [-0.05, 0) is 12.1 Å². The Kier molecular flexibility index (Phi) is 6.48. The summed E-state index contributed by atoms with van der Waals surface area (Å²) in [7, 11) is 0. The fraction of sp³-hybridized carbons (Fsp3) is 0.308. The zero-order chi connectivity index (χ0) is 15.8. The van der Waals surface area contributed by atoms with Gasteiger partial charge in [0.25, 0.3) is 0 Å². The van der Waals surface area contributed by atoms with Gasteiger partial charge in [-0.3, -0.25) is 9.59 Å². The SMILES string of the molecule is NC(=O)CC(NC(=O)CCOc1ccccc1Cl)C(=O)O. The van der Waals surface area contributed by atoms with Gasteiger partial charge >= 0.3 is 5.97 Å². The first kappa shape index (κ1) is 16.8. The topological polar surface area (TPSA) is 119 Å². The summed E-state index contributed by atoms with van der Waals surface area (Å²) in [5.41, 5.74) is 4.91. The summed E-state index contributed by atoms with van der Waals surface area (Å²) in [5.74, 6) is -2.27. The Bertz CT molecular complexity index is 535. The molecule has 0 radical (unpaired) electrons. The molecule has 4 N–H and O–H groups in total. The molecule has 0 aliphatic heterocycles. The van der Waals surface area contributed by atoms with Gasteiger partial charge in [0, 0.05) is 0 Å². The van der Waals surface area contributed by atoms with E-state index in [-0.39, 0.29) is 13.0 Å². The van der Waals surface area contributed by atoms with Gasteiger partial charge in [0.05, 0.1) is 24.5 Å². The number of nitrogens with one attached hydrogen (secondary N) is 1. The molecule has 1 atom stereocenters. The van der Waals surface area contributed by atoms with Crippen LogP contribution in [0, 0.1) is 0 Å². The molecule has 1 unspecified atom stereocenters. The molecule has 21 heavy (non-hydrogen) atoms. The Morgan fingerprint density at radius 2 is 2.00 bits per heavy atom. The fourth-order valence-corrected chi connectivity index (χ4v) is 1.67. The van der Waals surface area contributed by atoms with E-state index in [4.69, 9.17) is 27.2 Å². The van der Waals surface area contributed by atoms with Crippen molar-refractivity contribution in [3.63, 3.8) is 0 Å². The van der Waals surface area contributed by atoms with Crippen LogP contribution in [0.5, 0.6) is 5.75 Å². The zero-order valence-corrected chi connectivity index (χ0v) is 11.8. The number of nitrogens with two attached hydrogens (primary N) is 1. The number of ether oxygens (including phenoxy) is 1. The van der Waals surface area contributed by atoms with Gasteiger partial charge in [-0.2, -0.15) is 0 Å². The van der Waals surface area contributed by atoms with E-state index in [1.54, 1.807) is 24.3 Å². The van der Waals surface area contributed by atoms with Crippen molar-refractivity contribution in [2.45, 2.75) is 18.9 Å². The van der Waals surface area contributed by atoms with E-state index < -0.39 is 30.2 Å². The summed E-state index contributed by atoms with van der Waals surface area (Å²) in [5, 5.41) is 11.4. The second-order valence-corrected chi connectivity index (χ2v) is 4.56. The predicted octanol–water partition coefficient (Wildman–Crippen LogP) is 0.554. The molecule has 0 saturated carbocycles. The number of aliphatic carboxylic acids is 1. The highest BCUT2D eigenvalue weighted by Crippen LogP contribution is 2.22. The van der Waals surface area contributed by atoms with Crippen molar-refractivity contribution in [1.82, 2.24) is 5.32 Å². The number of hydrogen-bond acceptors (Lipinski definition) is 4. The second-order valence-electron chi connectivity index (χ2n) is 4.16. The standard InChI is InChI=1S/C13H15ClN2O5/c14-8-3-1-2-4-10(8)21-6-5-12(18)16-9(13(19)20)7-11(15)17/h1-4,9H,5-7H2,(H2,15,17)(H,16,18)(H,19,20). The Morgan fingerprint density at radius 3 is 2.57 bits per heavy atom. The minimum atomic E-state index is -1.34. The van der Waals surface area contributed by atoms with Crippen molar-refractivity contribution < 1.29 is 24.2 Å². The molecule has 7 nitrogen and oxygen atoms in total. The summed E-state index contributed by atoms with van der Waals surface area (Å²) in [6.45, 7) is 0.0263. The minimum Gasteiger partial charge on any atom is -0.491 e. The summed E-state index contributed by atoms with van der Waals surface area (Å²) in [4.78, 5) is 33.1. The second kappa shape index (κ2) is 8.11. The van der Waals surface area contributed by atoms with Gasteiger partial charge in [-0.25, -0.2) is 4.79 Å². The van der Waals surface area contributed by atoms with Crippen molar-refractivity contribution >= 4 is 29.4 Å². The van der Waals surface area contributed by atoms with Gasteiger partial charge in [0.1, 0.15) is 11.8 Å². The number of carbonyl (C=O) groups excluding carboxylic acids is 2. The number of halogens is 1. The number of carboxylic acid groups (broad SMARTS) is 1. The number of carboxylic acids is 1. The quantitative estimate of drug-likeness (QED) is 0.647. The molecule has 1 rings (SSSR count). The smallest absolute Gasteiger partial charge is 0.326 e. The van der Waals surface area contributed by atoms with Crippen molar-refractivity contribution in [2.24, 2.45) is 5.73 Å². The highest BCUT2D eigenvalue weighted by molar-refractivity contribution is 6.32. The molecule has 0 aliphatic rings. The first-order chi connectivity index (χ1) is 9.90. The lowest BCUT2D eigenvalue weighted by atomic mass is 10.2. The molecule has 0 heterocycles. The van der Waals surface area contributed by atoms with Crippen LogP contribution in [0.1, 0.15) is 12.8 Å². The average molecular weight is 315 g/mol. The third-order valence-electron chi connectivity index (χ3n) is 2.46. The molecule has 1 aromatic rings. The van der Waals surface area contributed by atoms with Gasteiger partial charge in [-0.15, -0.1) is 0 Å². The highest BCUT2D eigenvalue weighted by Gasteiger charge is 2.21. The number of hydrogen-bond donors (Lipinski definition) is 3. The van der Waals surface area contributed by atoms with Gasteiger partial charge in [0.15, 0.2) is 0 Å². The molecule has 0 aromatic heterocycles. The Labute approximate surface area is 126 Å². The van der Waals surface area contributed by atoms with E-state index in [2.05, 4.69) is 5.32 Å². The minimum absolute atomic E-state index is 0.0263. The molecule has 0 fully saturated rings. The first-order valence-electron chi connectivity index (χ1n) is 6.08. The van der Waals surface area contributed by atoms with Crippen molar-refractivity contribution in [2.75, 3.05) is 6.61 Å². The van der Waals surface area contributed by atoms with Crippen LogP contribution < -0.4 is 15.8 Å². The Hall–Kier alpha value is -2.28. The largest absolute Gasteiger partial charge is 0.491 e. The van der Waals surface area contributed by atoms with Crippen molar-refractivity contribution in [1.29, 1.82) is 0 Å². The molecule has 0 spiro atoms. The van der Waals surface area contributed by atoms with Gasteiger partial charge in [-0.1, -0.05) is 23.7 Å². The fourth-order valence-electron chi connectivity index (χ4n) is 1.48. The molecule has 114 valence electrons. The van der Waals surface area contributed by atoms with Crippen LogP contribution in [0.15, 0.2) is 24.3 Å². The van der Waals surface area contributed by atoms with E-state index in [1.807, 2.05) is 0 Å². The normalized spacial score (nSPS) is 11.5. The van der Waals surface area contributed by atoms with E-state index in [1.165, 1.54) is 0 Å². The zero-order valence-electron chi connectivity index (χ0n) is 11.0. The number of benzene rings is 1. The van der Waals surface area contributed by atoms with Gasteiger partial charge < -0.3 is 20.9 Å². The third-order valence-corrected chi connectivity index (χ3v) is 2.77. The monoisotopic (exact) mass is 314 g/mol. The number of rotatable bonds is 8. The van der Waals surface area contributed by atoms with E-state index in [9.17, 15) is 14.4 Å². The molecule has 8 heteroatoms. The predicted molar refractivity (Wildman–Crippen MR) is 74.9 cm³/mol. The number of primary amides is 1. The van der Waals surface area contributed by atoms with Crippen LogP contribution >= 0.6 is 11.6 Å². The van der Waals surface area contributed by atoms with E-state index in [0.29, 0.717) is 10.8 Å². The molecular formula is C13H15ClN2O5. The van der Waals surface area contributed by atoms with Crippen molar-refractivity contribution in [3.05, 3.63) is 29.3 Å². The molecule has 0 saturated heterocycles. The maximum absolute atomic E-state index is 11.6. The summed E-state index contributed by atoms with van der Waals surface area (Å²) >= 11 is 5.87. The summed E-state index contributed by atoms with van der Waals surface area (Å²) in [6.07, 6.45) is -0.541. The highest BCUT2D eigenvalue weighted by atomic mass is 35.5. The number of para-hydroxylation sites is 1. The van der Waals surface area contributed by atoms with Crippen LogP contribution in [0.4, 0.5) is 0 Å². The Balaban J connectivity index is 2.41. The lowest BCUT2D eigenvalue weighted by molar-refractivity contribution is -0.143. The molecule has 2 amide bonds. The van der Waals surface area contributed by atoms with Crippen LogP contribution in [-0.4, -0.2) is 35.5 Å². The lowest BCUT2D eigenvalue weighted by Crippen LogP contribution is -2.43. The third kappa shape index (κ3) is 6.13. The summed E-state index contributed by atoms with van der Waals surface area (Å²) in [6, 6.07) is 5.42. The number of amides is 2. The van der Waals surface area contributed by atoms with Crippen LogP contribution in [0.25, 0.3) is 0 Å². The molecule has 0 aliphatic carbocycles. The molecular weight excluding hydrogens is 300 g/mol. The first-order valence-corrected chi connectivity index (χ1v) is 6.45. The number of carbonyl (C=O) groups is 3. The molecule has 1 aromatic carbocycles. The average Bonchev–Trinajstić information content (AvgIpc) is 2.39. The van der Waals surface area contributed by atoms with Crippen LogP contribution in [0.3, 0.4) is 0 Å². The van der Waals surface area contributed by atoms with E-state index in [0.717, 1.165) is 0 Å². The maximum atomic E-state index is 11.6. The van der Waals surface area contributed by atoms with E-state index >= 15 is 0 Å². The van der Waals surface area contributed by atoms with Gasteiger partial charge in [0.2, 0.25) is 11.8 Å².